The molecule has 0 aromatic heterocycles. The van der Waals surface area contributed by atoms with Gasteiger partial charge in [-0.1, -0.05) is 29.3 Å². The van der Waals surface area contributed by atoms with Gasteiger partial charge in [-0.2, -0.15) is 0 Å². The van der Waals surface area contributed by atoms with Crippen molar-refractivity contribution in [2.45, 2.75) is 25.3 Å². The lowest BCUT2D eigenvalue weighted by molar-refractivity contribution is 0.0952. The van der Waals surface area contributed by atoms with Crippen LogP contribution in [-0.2, 0) is 0 Å². The summed E-state index contributed by atoms with van der Waals surface area (Å²) in [6.45, 7) is 1.73. The molecule has 1 fully saturated rings. The third-order valence-corrected chi connectivity index (χ3v) is 3.96. The summed E-state index contributed by atoms with van der Waals surface area (Å²) in [6.07, 6.45) is 3.36. The lowest BCUT2D eigenvalue weighted by Gasteiger charge is -2.11. The number of benzene rings is 1. The first-order chi connectivity index (χ1) is 8.68. The van der Waals surface area contributed by atoms with Crippen LogP contribution < -0.4 is 10.6 Å². The van der Waals surface area contributed by atoms with Crippen LogP contribution in [0.15, 0.2) is 18.2 Å². The Morgan fingerprint density at radius 1 is 1.44 bits per heavy atom. The van der Waals surface area contributed by atoms with Crippen LogP contribution in [0.4, 0.5) is 0 Å². The van der Waals surface area contributed by atoms with Gasteiger partial charge in [-0.05, 0) is 37.9 Å². The van der Waals surface area contributed by atoms with Crippen molar-refractivity contribution < 1.29 is 4.79 Å². The van der Waals surface area contributed by atoms with E-state index in [-0.39, 0.29) is 5.91 Å². The summed E-state index contributed by atoms with van der Waals surface area (Å²) >= 11 is 11.9. The van der Waals surface area contributed by atoms with E-state index >= 15 is 0 Å². The molecule has 1 heterocycles. The summed E-state index contributed by atoms with van der Waals surface area (Å²) in [5.74, 6) is -0.166. The minimum absolute atomic E-state index is 0.166. The highest BCUT2D eigenvalue weighted by atomic mass is 35.5. The SMILES string of the molecule is O=C(NCC[C@@H]1CCCN1)c1cccc(Cl)c1Cl. The Morgan fingerprint density at radius 3 is 3.00 bits per heavy atom. The van der Waals surface area contributed by atoms with E-state index in [0.29, 0.717) is 28.2 Å². The number of amides is 1. The summed E-state index contributed by atoms with van der Waals surface area (Å²) in [7, 11) is 0. The molecule has 0 saturated carbocycles. The number of hydrogen-bond acceptors (Lipinski definition) is 2. The Balaban J connectivity index is 1.85. The van der Waals surface area contributed by atoms with E-state index in [1.54, 1.807) is 18.2 Å². The molecule has 0 aliphatic carbocycles. The van der Waals surface area contributed by atoms with E-state index in [1.807, 2.05) is 0 Å². The normalized spacial score (nSPS) is 18.9. The van der Waals surface area contributed by atoms with E-state index in [2.05, 4.69) is 10.6 Å². The van der Waals surface area contributed by atoms with Gasteiger partial charge < -0.3 is 10.6 Å². The average Bonchev–Trinajstić information content (AvgIpc) is 2.85. The minimum Gasteiger partial charge on any atom is -0.352 e. The van der Waals surface area contributed by atoms with Crippen LogP contribution >= 0.6 is 23.2 Å². The average molecular weight is 287 g/mol. The van der Waals surface area contributed by atoms with E-state index < -0.39 is 0 Å². The maximum absolute atomic E-state index is 11.9. The summed E-state index contributed by atoms with van der Waals surface area (Å²) < 4.78 is 0. The van der Waals surface area contributed by atoms with Crippen LogP contribution in [0, 0.1) is 0 Å². The van der Waals surface area contributed by atoms with Gasteiger partial charge in [-0.15, -0.1) is 0 Å². The summed E-state index contributed by atoms with van der Waals surface area (Å²) in [4.78, 5) is 11.9. The Bertz CT molecular complexity index is 431. The third kappa shape index (κ3) is 3.37. The molecule has 0 spiro atoms. The highest BCUT2D eigenvalue weighted by Crippen LogP contribution is 2.25. The number of hydrogen-bond donors (Lipinski definition) is 2. The molecular formula is C13H16Cl2N2O. The molecule has 98 valence electrons. The molecule has 2 N–H and O–H groups in total. The molecule has 1 aromatic rings. The number of halogens is 2. The zero-order chi connectivity index (χ0) is 13.0. The zero-order valence-electron chi connectivity index (χ0n) is 10.0. The van der Waals surface area contributed by atoms with Crippen LogP contribution in [0.1, 0.15) is 29.6 Å². The quantitative estimate of drug-likeness (QED) is 0.894. The van der Waals surface area contributed by atoms with E-state index in [0.717, 1.165) is 13.0 Å². The Labute approximate surface area is 117 Å². The Hall–Kier alpha value is -0.770. The van der Waals surface area contributed by atoms with Crippen molar-refractivity contribution in [1.29, 1.82) is 0 Å². The first-order valence-corrected chi connectivity index (χ1v) is 6.89. The molecule has 1 aliphatic heterocycles. The van der Waals surface area contributed by atoms with E-state index in [4.69, 9.17) is 23.2 Å². The van der Waals surface area contributed by atoms with Gasteiger partial charge in [0.2, 0.25) is 0 Å². The predicted molar refractivity (Wildman–Crippen MR) is 74.4 cm³/mol. The summed E-state index contributed by atoms with van der Waals surface area (Å²) in [5, 5.41) is 6.98. The fraction of sp³-hybridized carbons (Fsp3) is 0.462. The zero-order valence-corrected chi connectivity index (χ0v) is 11.5. The number of carbonyl (C=O) groups excluding carboxylic acids is 1. The van der Waals surface area contributed by atoms with Crippen LogP contribution in [0.3, 0.4) is 0 Å². The lowest BCUT2D eigenvalue weighted by Crippen LogP contribution is -2.30. The van der Waals surface area contributed by atoms with E-state index in [9.17, 15) is 4.79 Å². The molecule has 0 radical (unpaired) electrons. The Kier molecular flexibility index (Phi) is 4.87. The fourth-order valence-corrected chi connectivity index (χ4v) is 2.52. The van der Waals surface area contributed by atoms with Gasteiger partial charge in [0.25, 0.3) is 5.91 Å². The monoisotopic (exact) mass is 286 g/mol. The molecule has 1 atom stereocenters. The van der Waals surface area contributed by atoms with Crippen molar-refractivity contribution in [3.8, 4) is 0 Å². The molecule has 18 heavy (non-hydrogen) atoms. The largest absolute Gasteiger partial charge is 0.352 e. The molecule has 0 bridgehead atoms. The number of rotatable bonds is 4. The van der Waals surface area contributed by atoms with Crippen LogP contribution in [0.2, 0.25) is 10.0 Å². The molecule has 2 rings (SSSR count). The van der Waals surface area contributed by atoms with Crippen molar-refractivity contribution in [3.05, 3.63) is 33.8 Å². The maximum Gasteiger partial charge on any atom is 0.252 e. The Morgan fingerprint density at radius 2 is 2.28 bits per heavy atom. The predicted octanol–water partition coefficient (Wildman–Crippen LogP) is 2.87. The molecule has 1 saturated heterocycles. The van der Waals surface area contributed by atoms with Gasteiger partial charge in [0.1, 0.15) is 0 Å². The lowest BCUT2D eigenvalue weighted by atomic mass is 10.1. The molecule has 5 heteroatoms. The van der Waals surface area contributed by atoms with Gasteiger partial charge in [0.15, 0.2) is 0 Å². The smallest absolute Gasteiger partial charge is 0.252 e. The van der Waals surface area contributed by atoms with Gasteiger partial charge >= 0.3 is 0 Å². The molecular weight excluding hydrogens is 271 g/mol. The third-order valence-electron chi connectivity index (χ3n) is 3.14. The molecule has 1 aliphatic rings. The standard InChI is InChI=1S/C13H16Cl2N2O/c14-11-5-1-4-10(12(11)15)13(18)17-8-6-9-3-2-7-16-9/h1,4-5,9,16H,2-3,6-8H2,(H,17,18)/t9-/m0/s1. The fourth-order valence-electron chi connectivity index (χ4n) is 2.14. The molecule has 0 unspecified atom stereocenters. The topological polar surface area (TPSA) is 41.1 Å². The highest BCUT2D eigenvalue weighted by Gasteiger charge is 2.15. The molecule has 3 nitrogen and oxygen atoms in total. The summed E-state index contributed by atoms with van der Waals surface area (Å²) in [6, 6.07) is 5.60. The van der Waals surface area contributed by atoms with Gasteiger partial charge in [-0.25, -0.2) is 0 Å². The highest BCUT2D eigenvalue weighted by molar-refractivity contribution is 6.43. The second-order valence-corrected chi connectivity index (χ2v) is 5.22. The molecule has 1 aromatic carbocycles. The van der Waals surface area contributed by atoms with Crippen molar-refractivity contribution in [1.82, 2.24) is 10.6 Å². The maximum atomic E-state index is 11.9. The summed E-state index contributed by atoms with van der Waals surface area (Å²) in [5.41, 5.74) is 0.434. The van der Waals surface area contributed by atoms with E-state index in [1.165, 1.54) is 12.8 Å². The number of carbonyl (C=O) groups is 1. The second kappa shape index (κ2) is 6.41. The van der Waals surface area contributed by atoms with Crippen molar-refractivity contribution in [2.24, 2.45) is 0 Å². The van der Waals surface area contributed by atoms with Crippen molar-refractivity contribution >= 4 is 29.1 Å². The van der Waals surface area contributed by atoms with Crippen LogP contribution in [0.5, 0.6) is 0 Å². The minimum atomic E-state index is -0.166. The van der Waals surface area contributed by atoms with Crippen molar-refractivity contribution in [2.75, 3.05) is 13.1 Å². The van der Waals surface area contributed by atoms with Crippen molar-refractivity contribution in [3.63, 3.8) is 0 Å². The number of nitrogens with one attached hydrogen (secondary N) is 2. The van der Waals surface area contributed by atoms with Gasteiger partial charge in [0, 0.05) is 12.6 Å². The van der Waals surface area contributed by atoms with Crippen LogP contribution in [-0.4, -0.2) is 25.0 Å². The molecule has 1 amide bonds. The first-order valence-electron chi connectivity index (χ1n) is 6.14. The second-order valence-electron chi connectivity index (χ2n) is 4.44. The van der Waals surface area contributed by atoms with Gasteiger partial charge in [0.05, 0.1) is 15.6 Å². The van der Waals surface area contributed by atoms with Crippen LogP contribution in [0.25, 0.3) is 0 Å². The first kappa shape index (κ1) is 13.7. The van der Waals surface area contributed by atoms with Gasteiger partial charge in [-0.3, -0.25) is 4.79 Å².